The lowest BCUT2D eigenvalue weighted by molar-refractivity contribution is -0.135. The summed E-state index contributed by atoms with van der Waals surface area (Å²) in [5.74, 6) is 0.277. The number of nitrogens with zero attached hydrogens (tertiary/aromatic N) is 3. The Balaban J connectivity index is 1.38. The fourth-order valence-electron chi connectivity index (χ4n) is 3.66. The van der Waals surface area contributed by atoms with E-state index in [-0.39, 0.29) is 11.3 Å². The second kappa shape index (κ2) is 6.71. The summed E-state index contributed by atoms with van der Waals surface area (Å²) in [6.45, 7) is 6.33. The third-order valence-corrected chi connectivity index (χ3v) is 6.31. The average molecular weight is 376 g/mol. The first-order valence-electron chi connectivity index (χ1n) is 8.76. The lowest BCUT2D eigenvalue weighted by Crippen LogP contribution is -2.51. The Morgan fingerprint density at radius 2 is 2.04 bits per heavy atom. The van der Waals surface area contributed by atoms with E-state index in [9.17, 15) is 4.79 Å². The van der Waals surface area contributed by atoms with Crippen molar-refractivity contribution in [3.05, 3.63) is 50.9 Å². The number of benzene rings is 1. The van der Waals surface area contributed by atoms with Crippen LogP contribution >= 0.6 is 22.9 Å². The van der Waals surface area contributed by atoms with Crippen LogP contribution in [0.5, 0.6) is 0 Å². The van der Waals surface area contributed by atoms with Crippen molar-refractivity contribution in [2.45, 2.75) is 31.7 Å². The van der Waals surface area contributed by atoms with Gasteiger partial charge in [-0.1, -0.05) is 23.7 Å². The highest BCUT2D eigenvalue weighted by atomic mass is 35.5. The Morgan fingerprint density at radius 1 is 1.28 bits per heavy atom. The number of amides is 1. The van der Waals surface area contributed by atoms with Gasteiger partial charge in [-0.05, 0) is 37.5 Å². The third kappa shape index (κ3) is 3.46. The minimum atomic E-state index is -0.320. The predicted octanol–water partition coefficient (Wildman–Crippen LogP) is 3.48. The molecular formula is C19H22ClN3OS. The number of thiazole rings is 1. The summed E-state index contributed by atoms with van der Waals surface area (Å²) in [5.41, 5.74) is 1.89. The van der Waals surface area contributed by atoms with Gasteiger partial charge in [-0.2, -0.15) is 0 Å². The van der Waals surface area contributed by atoms with Gasteiger partial charge in [0.05, 0.1) is 16.1 Å². The van der Waals surface area contributed by atoms with E-state index in [2.05, 4.69) is 15.3 Å². The summed E-state index contributed by atoms with van der Waals surface area (Å²) in [6, 6.07) is 7.80. The molecular weight excluding hydrogens is 354 g/mol. The summed E-state index contributed by atoms with van der Waals surface area (Å²) < 4.78 is 0. The van der Waals surface area contributed by atoms with Crippen molar-refractivity contribution in [1.82, 2.24) is 14.8 Å². The predicted molar refractivity (Wildman–Crippen MR) is 101 cm³/mol. The molecule has 2 aliphatic rings. The SMILES string of the molecule is Cc1nc(CN2CCN(C(=O)C3(c4cccc(Cl)c4)CC3)CC2)cs1. The molecule has 0 atom stereocenters. The second-order valence-corrected chi connectivity index (χ2v) is 8.52. The first kappa shape index (κ1) is 17.0. The van der Waals surface area contributed by atoms with Gasteiger partial charge in [0.25, 0.3) is 0 Å². The molecule has 2 heterocycles. The molecule has 4 rings (SSSR count). The second-order valence-electron chi connectivity index (χ2n) is 7.02. The molecule has 1 aromatic heterocycles. The van der Waals surface area contributed by atoms with Crippen LogP contribution in [-0.4, -0.2) is 46.9 Å². The molecule has 1 saturated carbocycles. The van der Waals surface area contributed by atoms with Gasteiger partial charge in [-0.25, -0.2) is 4.98 Å². The molecule has 1 aliphatic heterocycles. The molecule has 0 radical (unpaired) electrons. The van der Waals surface area contributed by atoms with Gasteiger partial charge in [0.1, 0.15) is 0 Å². The standard InChI is InChI=1S/C19H22ClN3OS/c1-14-21-17(13-25-14)12-22-7-9-23(10-8-22)18(24)19(5-6-19)15-3-2-4-16(20)11-15/h2-4,11,13H,5-10,12H2,1H3. The van der Waals surface area contributed by atoms with Gasteiger partial charge < -0.3 is 4.90 Å². The Bertz CT molecular complexity index is 778. The summed E-state index contributed by atoms with van der Waals surface area (Å²) in [5, 5.41) is 3.95. The highest BCUT2D eigenvalue weighted by molar-refractivity contribution is 7.09. The van der Waals surface area contributed by atoms with E-state index in [1.54, 1.807) is 11.3 Å². The fourth-order valence-corrected chi connectivity index (χ4v) is 4.45. The molecule has 1 amide bonds. The number of hydrogen-bond acceptors (Lipinski definition) is 4. The molecule has 0 bridgehead atoms. The first-order chi connectivity index (χ1) is 12.1. The maximum atomic E-state index is 13.1. The number of rotatable bonds is 4. The number of carbonyl (C=O) groups excluding carboxylic acids is 1. The van der Waals surface area contributed by atoms with E-state index in [0.29, 0.717) is 5.02 Å². The van der Waals surface area contributed by atoms with Gasteiger partial charge in [0.2, 0.25) is 5.91 Å². The molecule has 1 aliphatic carbocycles. The van der Waals surface area contributed by atoms with Crippen LogP contribution in [0.25, 0.3) is 0 Å². The van der Waals surface area contributed by atoms with Crippen molar-refractivity contribution in [1.29, 1.82) is 0 Å². The molecule has 4 nitrogen and oxygen atoms in total. The molecule has 0 unspecified atom stereocenters. The minimum absolute atomic E-state index is 0.277. The number of aromatic nitrogens is 1. The zero-order valence-corrected chi connectivity index (χ0v) is 15.9. The molecule has 132 valence electrons. The van der Waals surface area contributed by atoms with Crippen molar-refractivity contribution in [3.8, 4) is 0 Å². The summed E-state index contributed by atoms with van der Waals surface area (Å²) in [7, 11) is 0. The molecule has 0 spiro atoms. The lowest BCUT2D eigenvalue weighted by atomic mass is 9.94. The van der Waals surface area contributed by atoms with Crippen LogP contribution in [0, 0.1) is 6.92 Å². The Hall–Kier alpha value is -1.43. The molecule has 25 heavy (non-hydrogen) atoms. The maximum Gasteiger partial charge on any atom is 0.233 e. The van der Waals surface area contributed by atoms with E-state index in [0.717, 1.165) is 61.8 Å². The van der Waals surface area contributed by atoms with E-state index < -0.39 is 0 Å². The van der Waals surface area contributed by atoms with Crippen molar-refractivity contribution >= 4 is 28.8 Å². The van der Waals surface area contributed by atoms with Gasteiger partial charge >= 0.3 is 0 Å². The number of hydrogen-bond donors (Lipinski definition) is 0. The monoisotopic (exact) mass is 375 g/mol. The van der Waals surface area contributed by atoms with Crippen molar-refractivity contribution in [2.24, 2.45) is 0 Å². The van der Waals surface area contributed by atoms with Gasteiger partial charge in [-0.15, -0.1) is 11.3 Å². The topological polar surface area (TPSA) is 36.4 Å². The van der Waals surface area contributed by atoms with Gasteiger partial charge in [0.15, 0.2) is 0 Å². The molecule has 1 saturated heterocycles. The normalized spacial score (nSPS) is 19.8. The van der Waals surface area contributed by atoms with E-state index >= 15 is 0 Å². The maximum absolute atomic E-state index is 13.1. The lowest BCUT2D eigenvalue weighted by Gasteiger charge is -2.36. The number of aryl methyl sites for hydroxylation is 1. The van der Waals surface area contributed by atoms with Crippen molar-refractivity contribution in [2.75, 3.05) is 26.2 Å². The largest absolute Gasteiger partial charge is 0.339 e. The molecule has 6 heteroatoms. The van der Waals surface area contributed by atoms with Crippen LogP contribution in [0.1, 0.15) is 29.1 Å². The summed E-state index contributed by atoms with van der Waals surface area (Å²) in [6.07, 6.45) is 1.87. The smallest absolute Gasteiger partial charge is 0.233 e. The van der Waals surface area contributed by atoms with Crippen LogP contribution < -0.4 is 0 Å². The third-order valence-electron chi connectivity index (χ3n) is 5.25. The number of carbonyl (C=O) groups is 1. The van der Waals surface area contributed by atoms with Crippen LogP contribution in [0.15, 0.2) is 29.6 Å². The minimum Gasteiger partial charge on any atom is -0.339 e. The van der Waals surface area contributed by atoms with E-state index in [4.69, 9.17) is 11.6 Å². The van der Waals surface area contributed by atoms with E-state index in [1.807, 2.05) is 36.1 Å². The molecule has 0 N–H and O–H groups in total. The van der Waals surface area contributed by atoms with Gasteiger partial charge in [0, 0.05) is 43.1 Å². The van der Waals surface area contributed by atoms with Crippen LogP contribution in [0.2, 0.25) is 5.02 Å². The van der Waals surface area contributed by atoms with Crippen molar-refractivity contribution < 1.29 is 4.79 Å². The first-order valence-corrected chi connectivity index (χ1v) is 10.0. The summed E-state index contributed by atoms with van der Waals surface area (Å²) >= 11 is 7.83. The molecule has 1 aromatic carbocycles. The van der Waals surface area contributed by atoms with Crippen LogP contribution in [0.4, 0.5) is 0 Å². The van der Waals surface area contributed by atoms with Crippen molar-refractivity contribution in [3.63, 3.8) is 0 Å². The number of halogens is 1. The van der Waals surface area contributed by atoms with Gasteiger partial charge in [-0.3, -0.25) is 9.69 Å². The number of piperazine rings is 1. The summed E-state index contributed by atoms with van der Waals surface area (Å²) in [4.78, 5) is 22.1. The Morgan fingerprint density at radius 3 is 2.64 bits per heavy atom. The Kier molecular flexibility index (Phi) is 4.56. The van der Waals surface area contributed by atoms with Crippen LogP contribution in [0.3, 0.4) is 0 Å². The average Bonchev–Trinajstić information content (AvgIpc) is 3.33. The fraction of sp³-hybridized carbons (Fsp3) is 0.474. The van der Waals surface area contributed by atoms with Crippen LogP contribution in [-0.2, 0) is 16.8 Å². The Labute approximate surface area is 157 Å². The highest BCUT2D eigenvalue weighted by Gasteiger charge is 2.53. The highest BCUT2D eigenvalue weighted by Crippen LogP contribution is 2.50. The molecule has 2 aromatic rings. The van der Waals surface area contributed by atoms with E-state index in [1.165, 1.54) is 0 Å². The zero-order chi connectivity index (χ0) is 17.4. The molecule has 2 fully saturated rings. The zero-order valence-electron chi connectivity index (χ0n) is 14.4. The quantitative estimate of drug-likeness (QED) is 0.820.